The summed E-state index contributed by atoms with van der Waals surface area (Å²) in [6.07, 6.45) is 1.90. The zero-order chi connectivity index (χ0) is 24.3. The molecule has 0 aliphatic heterocycles. The fraction of sp³-hybridized carbons (Fsp3) is 0.586. The average Bonchev–Trinajstić information content (AvgIpc) is 2.84. The normalized spacial score (nSPS) is 26.9. The van der Waals surface area contributed by atoms with Crippen LogP contribution in [0.15, 0.2) is 42.5 Å². The number of alkyl halides is 3. The van der Waals surface area contributed by atoms with Crippen molar-refractivity contribution in [2.75, 3.05) is 0 Å². The second-order valence-corrected chi connectivity index (χ2v) is 10.6. The highest BCUT2D eigenvalue weighted by Crippen LogP contribution is 2.40. The predicted molar refractivity (Wildman–Crippen MR) is 127 cm³/mol. The Balaban J connectivity index is 1.34. The summed E-state index contributed by atoms with van der Waals surface area (Å²) in [5, 5.41) is 0. The van der Waals surface area contributed by atoms with E-state index in [1.165, 1.54) is 18.2 Å². The summed E-state index contributed by atoms with van der Waals surface area (Å²) in [4.78, 5) is 0. The van der Waals surface area contributed by atoms with Crippen molar-refractivity contribution in [1.29, 1.82) is 0 Å². The van der Waals surface area contributed by atoms with Crippen LogP contribution in [0.1, 0.15) is 105 Å². The lowest BCUT2D eigenvalue weighted by atomic mass is 9.79. The average molecular weight is 477 g/mol. The Morgan fingerprint density at radius 1 is 0.824 bits per heavy atom. The van der Waals surface area contributed by atoms with Gasteiger partial charge in [0.2, 0.25) is 6.17 Å². The van der Waals surface area contributed by atoms with Gasteiger partial charge in [0.05, 0.1) is 6.61 Å². The Labute approximate surface area is 200 Å². The largest absolute Gasteiger partial charge is 0.391 e. The molecule has 0 bridgehead atoms. The molecular formula is C29H36F4O. The van der Waals surface area contributed by atoms with E-state index in [-0.39, 0.29) is 17.0 Å². The molecule has 1 unspecified atom stereocenters. The highest BCUT2D eigenvalue weighted by Gasteiger charge is 2.43. The van der Waals surface area contributed by atoms with Crippen molar-refractivity contribution in [3.8, 4) is 0 Å². The number of ether oxygens (including phenoxy) is 1. The molecule has 2 saturated carbocycles. The molecular weight excluding hydrogens is 440 g/mol. The lowest BCUT2D eigenvalue weighted by Gasteiger charge is -2.27. The first-order valence-corrected chi connectivity index (χ1v) is 12.8. The Hall–Kier alpha value is -1.88. The van der Waals surface area contributed by atoms with E-state index >= 15 is 0 Å². The van der Waals surface area contributed by atoms with Crippen LogP contribution in [0.2, 0.25) is 0 Å². The van der Waals surface area contributed by atoms with Gasteiger partial charge in [0.15, 0.2) is 0 Å². The molecule has 34 heavy (non-hydrogen) atoms. The van der Waals surface area contributed by atoms with Gasteiger partial charge in [0, 0.05) is 0 Å². The van der Waals surface area contributed by atoms with Gasteiger partial charge in [-0.2, -0.15) is 8.78 Å². The fourth-order valence-corrected chi connectivity index (χ4v) is 5.54. The van der Waals surface area contributed by atoms with Crippen molar-refractivity contribution in [1.82, 2.24) is 0 Å². The van der Waals surface area contributed by atoms with E-state index in [2.05, 4.69) is 18.6 Å². The molecule has 1 atom stereocenters. The van der Waals surface area contributed by atoms with Crippen LogP contribution in [0.3, 0.4) is 0 Å². The molecule has 5 heteroatoms. The van der Waals surface area contributed by atoms with Gasteiger partial charge in [-0.05, 0) is 77.7 Å². The van der Waals surface area contributed by atoms with E-state index in [1.807, 2.05) is 0 Å². The third-order valence-corrected chi connectivity index (χ3v) is 7.96. The molecule has 186 valence electrons. The van der Waals surface area contributed by atoms with Crippen LogP contribution in [0.4, 0.5) is 17.6 Å². The number of rotatable bonds is 7. The molecule has 2 aliphatic rings. The summed E-state index contributed by atoms with van der Waals surface area (Å²) in [7, 11) is 0. The zero-order valence-electron chi connectivity index (χ0n) is 20.2. The predicted octanol–water partition coefficient (Wildman–Crippen LogP) is 9.23. The van der Waals surface area contributed by atoms with Crippen molar-refractivity contribution < 1.29 is 22.3 Å². The number of hydrogen-bond acceptors (Lipinski definition) is 1. The van der Waals surface area contributed by atoms with Gasteiger partial charge in [-0.3, -0.25) is 0 Å². The lowest BCUT2D eigenvalue weighted by Crippen LogP contribution is -2.27. The fourth-order valence-electron chi connectivity index (χ4n) is 5.54. The van der Waals surface area contributed by atoms with Crippen molar-refractivity contribution in [3.05, 3.63) is 70.5 Å². The van der Waals surface area contributed by atoms with Crippen LogP contribution in [0, 0.1) is 17.7 Å². The first-order chi connectivity index (χ1) is 16.2. The topological polar surface area (TPSA) is 9.23 Å². The summed E-state index contributed by atoms with van der Waals surface area (Å²) in [5.74, 6) is 1.57. The molecule has 0 N–H and O–H groups in total. The molecule has 0 aromatic heterocycles. The van der Waals surface area contributed by atoms with Crippen LogP contribution in [-0.4, -0.2) is 6.11 Å². The van der Waals surface area contributed by atoms with Crippen LogP contribution in [0.5, 0.6) is 0 Å². The minimum atomic E-state index is -4.00. The molecule has 2 fully saturated rings. The van der Waals surface area contributed by atoms with Crippen molar-refractivity contribution in [3.63, 3.8) is 0 Å². The lowest BCUT2D eigenvalue weighted by molar-refractivity contribution is -0.282. The second kappa shape index (κ2) is 10.8. The third kappa shape index (κ3) is 6.02. The summed E-state index contributed by atoms with van der Waals surface area (Å²) in [5.41, 5.74) is 1.89. The first-order valence-electron chi connectivity index (χ1n) is 12.8. The number of halogens is 4. The van der Waals surface area contributed by atoms with Gasteiger partial charge in [-0.15, -0.1) is 0 Å². The van der Waals surface area contributed by atoms with Crippen molar-refractivity contribution in [2.45, 2.75) is 95.9 Å². The maximum atomic E-state index is 14.7. The van der Waals surface area contributed by atoms with Gasteiger partial charge in [-0.1, -0.05) is 75.9 Å². The van der Waals surface area contributed by atoms with Gasteiger partial charge in [-0.25, -0.2) is 8.78 Å². The van der Waals surface area contributed by atoms with E-state index in [9.17, 15) is 17.6 Å². The summed E-state index contributed by atoms with van der Waals surface area (Å²) in [6.45, 7) is 3.90. The summed E-state index contributed by atoms with van der Waals surface area (Å²) < 4.78 is 63.1. The van der Waals surface area contributed by atoms with E-state index < -0.39 is 24.7 Å². The highest BCUT2D eigenvalue weighted by atomic mass is 19.3. The minimum Gasteiger partial charge on any atom is -0.313 e. The Morgan fingerprint density at radius 3 is 1.94 bits per heavy atom. The van der Waals surface area contributed by atoms with Crippen LogP contribution in [-0.2, 0) is 11.3 Å². The summed E-state index contributed by atoms with van der Waals surface area (Å²) >= 11 is 0. The molecule has 0 heterocycles. The zero-order valence-corrected chi connectivity index (χ0v) is 20.2. The first kappa shape index (κ1) is 25.2. The molecule has 2 aromatic rings. The van der Waals surface area contributed by atoms with E-state index in [1.54, 1.807) is 24.3 Å². The van der Waals surface area contributed by atoms with Crippen LogP contribution >= 0.6 is 0 Å². The monoisotopic (exact) mass is 476 g/mol. The van der Waals surface area contributed by atoms with Crippen molar-refractivity contribution >= 4 is 0 Å². The third-order valence-electron chi connectivity index (χ3n) is 7.96. The van der Waals surface area contributed by atoms with E-state index in [0.29, 0.717) is 17.4 Å². The molecule has 4 rings (SSSR count). The quantitative estimate of drug-likeness (QED) is 0.362. The molecule has 0 radical (unpaired) electrons. The number of hydrogen-bond donors (Lipinski definition) is 0. The minimum absolute atomic E-state index is 0.106. The maximum absolute atomic E-state index is 14.7. The van der Waals surface area contributed by atoms with Gasteiger partial charge >= 0.3 is 6.11 Å². The number of benzene rings is 2. The second-order valence-electron chi connectivity index (χ2n) is 10.6. The highest BCUT2D eigenvalue weighted by molar-refractivity contribution is 5.29. The SMILES string of the molecule is CC1CCC(c2ccc(C(F)C(F)(F)OCc3ccc(C4CCC(C)CC4)c(F)c3)cc2)CC1. The molecule has 2 aliphatic carbocycles. The Morgan fingerprint density at radius 2 is 1.38 bits per heavy atom. The van der Waals surface area contributed by atoms with Gasteiger partial charge in [0.1, 0.15) is 5.82 Å². The Bertz CT molecular complexity index is 926. The summed E-state index contributed by atoms with van der Waals surface area (Å²) in [6, 6.07) is 10.9. The van der Waals surface area contributed by atoms with Crippen molar-refractivity contribution in [2.24, 2.45) is 11.8 Å². The van der Waals surface area contributed by atoms with E-state index in [4.69, 9.17) is 0 Å². The maximum Gasteiger partial charge on any atom is 0.391 e. The smallest absolute Gasteiger partial charge is 0.313 e. The molecule has 0 amide bonds. The molecule has 2 aromatic carbocycles. The molecule has 0 saturated heterocycles. The van der Waals surface area contributed by atoms with E-state index in [0.717, 1.165) is 62.8 Å². The van der Waals surface area contributed by atoms with Gasteiger partial charge in [0.25, 0.3) is 0 Å². The van der Waals surface area contributed by atoms with Crippen LogP contribution < -0.4 is 0 Å². The molecule has 1 nitrogen and oxygen atoms in total. The molecule has 0 spiro atoms. The van der Waals surface area contributed by atoms with Gasteiger partial charge < -0.3 is 4.74 Å². The Kier molecular flexibility index (Phi) is 8.01. The standard InChI is InChI=1S/C29H36F4O/c1-19-3-8-22(9-4-19)23-12-14-25(15-13-23)28(31)29(32,33)34-18-21-7-16-26(27(30)17-21)24-10-5-20(2)6-11-24/h7,12-17,19-20,22,24,28H,3-6,8-11,18H2,1-2H3. The van der Waals surface area contributed by atoms with Crippen LogP contribution in [0.25, 0.3) is 0 Å².